The fraction of sp³-hybridized carbons (Fsp3) is 0.0500. The molecule has 3 rings (SSSR count). The van der Waals surface area contributed by atoms with Gasteiger partial charge >= 0.3 is 6.18 Å². The maximum atomic E-state index is 12.8. The fourth-order valence-electron chi connectivity index (χ4n) is 2.56. The second-order valence-corrected chi connectivity index (χ2v) is 6.83. The van der Waals surface area contributed by atoms with Gasteiger partial charge in [-0.2, -0.15) is 18.4 Å². The Morgan fingerprint density at radius 1 is 1.20 bits per heavy atom. The minimum absolute atomic E-state index is 0.0387. The molecule has 0 atom stereocenters. The Labute approximate surface area is 176 Å². The number of amides is 1. The van der Waals surface area contributed by atoms with Gasteiger partial charge in [0.2, 0.25) is 0 Å². The lowest BCUT2D eigenvalue weighted by molar-refractivity contribution is -0.137. The quantitative estimate of drug-likeness (QED) is 0.410. The molecule has 30 heavy (non-hydrogen) atoms. The smallest absolute Gasteiger partial charge is 0.416 e. The number of hydrogen-bond acceptors (Lipinski definition) is 4. The van der Waals surface area contributed by atoms with Gasteiger partial charge in [-0.05, 0) is 36.4 Å². The second kappa shape index (κ2) is 8.22. The van der Waals surface area contributed by atoms with E-state index in [1.807, 2.05) is 0 Å². The Bertz CT molecular complexity index is 1290. The molecule has 152 valence electrons. The van der Waals surface area contributed by atoms with Crippen LogP contribution in [0.3, 0.4) is 0 Å². The molecule has 0 fully saturated rings. The zero-order valence-electron chi connectivity index (χ0n) is 14.7. The molecule has 0 saturated carbocycles. The highest BCUT2D eigenvalue weighted by molar-refractivity contribution is 6.38. The zero-order chi connectivity index (χ0) is 22.1. The molecule has 10 heteroatoms. The predicted molar refractivity (Wildman–Crippen MR) is 106 cm³/mol. The largest absolute Gasteiger partial charge is 0.462 e. The molecule has 0 bridgehead atoms. The van der Waals surface area contributed by atoms with Crippen molar-refractivity contribution in [1.82, 2.24) is 0 Å². The monoisotopic (exact) mass is 452 g/mol. The molecule has 0 spiro atoms. The molecular weight excluding hydrogens is 444 g/mol. The summed E-state index contributed by atoms with van der Waals surface area (Å²) >= 11 is 11.9. The van der Waals surface area contributed by atoms with E-state index in [9.17, 15) is 28.0 Å². The Morgan fingerprint density at radius 2 is 1.93 bits per heavy atom. The summed E-state index contributed by atoms with van der Waals surface area (Å²) in [5.74, 6) is -1.000. The highest BCUT2D eigenvalue weighted by atomic mass is 35.5. The van der Waals surface area contributed by atoms with E-state index in [2.05, 4.69) is 5.32 Å². The van der Waals surface area contributed by atoms with E-state index in [4.69, 9.17) is 27.6 Å². The normalized spacial score (nSPS) is 11.9. The van der Waals surface area contributed by atoms with Crippen molar-refractivity contribution >= 4 is 51.8 Å². The molecule has 1 N–H and O–H groups in total. The van der Waals surface area contributed by atoms with E-state index in [-0.39, 0.29) is 32.3 Å². The zero-order valence-corrected chi connectivity index (χ0v) is 16.2. The van der Waals surface area contributed by atoms with Gasteiger partial charge in [0, 0.05) is 10.7 Å². The van der Waals surface area contributed by atoms with Crippen molar-refractivity contribution in [2.24, 2.45) is 0 Å². The van der Waals surface area contributed by atoms with Crippen LogP contribution in [0.4, 0.5) is 18.9 Å². The molecule has 0 unspecified atom stereocenters. The lowest BCUT2D eigenvalue weighted by atomic mass is 10.1. The SMILES string of the molecule is N#CC(=Cc1coc2c(Cl)cc(Cl)cc2c1=O)C(=O)Nc1cccc(C(F)(F)F)c1. The van der Waals surface area contributed by atoms with Crippen molar-refractivity contribution in [1.29, 1.82) is 5.26 Å². The highest BCUT2D eigenvalue weighted by Crippen LogP contribution is 2.31. The van der Waals surface area contributed by atoms with E-state index in [0.29, 0.717) is 0 Å². The van der Waals surface area contributed by atoms with Crippen LogP contribution in [0.15, 0.2) is 57.4 Å². The number of benzene rings is 2. The molecule has 0 aliphatic rings. The molecule has 2 aromatic carbocycles. The number of hydrogen-bond donors (Lipinski definition) is 1. The average molecular weight is 453 g/mol. The van der Waals surface area contributed by atoms with Gasteiger partial charge in [0.25, 0.3) is 5.91 Å². The van der Waals surface area contributed by atoms with Gasteiger partial charge in [-0.15, -0.1) is 0 Å². The van der Waals surface area contributed by atoms with Crippen LogP contribution in [0.1, 0.15) is 11.1 Å². The van der Waals surface area contributed by atoms with Crippen LogP contribution in [0.25, 0.3) is 17.0 Å². The molecule has 1 heterocycles. The number of nitrogens with zero attached hydrogens (tertiary/aromatic N) is 1. The van der Waals surface area contributed by atoms with E-state index in [1.54, 1.807) is 6.07 Å². The van der Waals surface area contributed by atoms with Crippen LogP contribution >= 0.6 is 23.2 Å². The maximum Gasteiger partial charge on any atom is 0.416 e. The number of fused-ring (bicyclic) bond motifs is 1. The van der Waals surface area contributed by atoms with Crippen LogP contribution in [0, 0.1) is 11.3 Å². The van der Waals surface area contributed by atoms with Crippen molar-refractivity contribution < 1.29 is 22.4 Å². The molecule has 0 aliphatic carbocycles. The van der Waals surface area contributed by atoms with Gasteiger partial charge in [-0.3, -0.25) is 9.59 Å². The van der Waals surface area contributed by atoms with Gasteiger partial charge in [0.15, 0.2) is 11.0 Å². The lowest BCUT2D eigenvalue weighted by Gasteiger charge is -2.09. The van der Waals surface area contributed by atoms with E-state index < -0.39 is 28.6 Å². The van der Waals surface area contributed by atoms with Gasteiger partial charge in [0.05, 0.1) is 21.5 Å². The topological polar surface area (TPSA) is 83.1 Å². The number of carbonyl (C=O) groups is 1. The summed E-state index contributed by atoms with van der Waals surface area (Å²) in [6.45, 7) is 0. The predicted octanol–water partition coefficient (Wildman–Crippen LogP) is 5.66. The third-order valence-corrected chi connectivity index (χ3v) is 4.43. The van der Waals surface area contributed by atoms with Crippen molar-refractivity contribution in [3.05, 3.63) is 79.6 Å². The summed E-state index contributed by atoms with van der Waals surface area (Å²) < 4.78 is 43.7. The van der Waals surface area contributed by atoms with Gasteiger partial charge in [-0.25, -0.2) is 0 Å². The first-order chi connectivity index (χ1) is 14.1. The first kappa shape index (κ1) is 21.4. The van der Waals surface area contributed by atoms with Crippen LogP contribution in [0.5, 0.6) is 0 Å². The average Bonchev–Trinajstić information content (AvgIpc) is 2.67. The molecular formula is C20H9Cl2F3N2O3. The van der Waals surface area contributed by atoms with Crippen LogP contribution < -0.4 is 10.7 Å². The number of rotatable bonds is 3. The Hall–Kier alpha value is -3.28. The highest BCUT2D eigenvalue weighted by Gasteiger charge is 2.30. The third kappa shape index (κ3) is 4.48. The molecule has 3 aromatic rings. The standard InChI is InChI=1S/C20H9Cl2F3N2O3/c21-13-6-15-17(28)11(9-30-18(15)16(22)7-13)4-10(8-26)19(29)27-14-3-1-2-12(5-14)20(23,24)25/h1-7,9H,(H,27,29). The number of carbonyl (C=O) groups excluding carboxylic acids is 1. The maximum absolute atomic E-state index is 12.8. The first-order valence-electron chi connectivity index (χ1n) is 8.11. The molecule has 5 nitrogen and oxygen atoms in total. The first-order valence-corrected chi connectivity index (χ1v) is 8.86. The van der Waals surface area contributed by atoms with Crippen LogP contribution in [-0.4, -0.2) is 5.91 Å². The van der Waals surface area contributed by atoms with Crippen molar-refractivity contribution in [2.75, 3.05) is 5.32 Å². The number of nitrogens with one attached hydrogen (secondary N) is 1. The molecule has 0 saturated heterocycles. The van der Waals surface area contributed by atoms with E-state index in [1.165, 1.54) is 18.2 Å². The summed E-state index contributed by atoms with van der Waals surface area (Å²) in [7, 11) is 0. The third-order valence-electron chi connectivity index (χ3n) is 3.93. The lowest BCUT2D eigenvalue weighted by Crippen LogP contribution is -2.15. The summed E-state index contributed by atoms with van der Waals surface area (Å²) in [5, 5.41) is 11.8. The minimum Gasteiger partial charge on any atom is -0.462 e. The van der Waals surface area contributed by atoms with Gasteiger partial charge in [0.1, 0.15) is 17.9 Å². The van der Waals surface area contributed by atoms with E-state index in [0.717, 1.165) is 30.5 Å². The molecule has 1 amide bonds. The van der Waals surface area contributed by atoms with Gasteiger partial charge in [-0.1, -0.05) is 29.3 Å². The summed E-state index contributed by atoms with van der Waals surface area (Å²) in [6, 6.07) is 8.22. The van der Waals surface area contributed by atoms with Crippen molar-refractivity contribution in [3.8, 4) is 6.07 Å². The fourth-order valence-corrected chi connectivity index (χ4v) is 3.09. The van der Waals surface area contributed by atoms with Crippen molar-refractivity contribution in [2.45, 2.75) is 6.18 Å². The van der Waals surface area contributed by atoms with Crippen molar-refractivity contribution in [3.63, 3.8) is 0 Å². The minimum atomic E-state index is -4.60. The number of anilines is 1. The molecule has 0 radical (unpaired) electrons. The van der Waals surface area contributed by atoms with Gasteiger partial charge < -0.3 is 9.73 Å². The van der Waals surface area contributed by atoms with Crippen LogP contribution in [-0.2, 0) is 11.0 Å². The summed E-state index contributed by atoms with van der Waals surface area (Å²) in [6.07, 6.45) is -2.62. The Morgan fingerprint density at radius 3 is 2.60 bits per heavy atom. The van der Waals surface area contributed by atoms with Crippen LogP contribution in [0.2, 0.25) is 10.0 Å². The number of alkyl halides is 3. The Balaban J connectivity index is 1.97. The second-order valence-electron chi connectivity index (χ2n) is 5.99. The molecule has 1 aromatic heterocycles. The number of nitriles is 1. The molecule has 0 aliphatic heterocycles. The number of halogens is 5. The summed E-state index contributed by atoms with van der Waals surface area (Å²) in [5.41, 5.74) is -2.31. The Kier molecular flexibility index (Phi) is 5.87. The van der Waals surface area contributed by atoms with E-state index >= 15 is 0 Å². The summed E-state index contributed by atoms with van der Waals surface area (Å²) in [4.78, 5) is 25.0.